The minimum atomic E-state index is 0.534. The minimum absolute atomic E-state index is 0.534. The van der Waals surface area contributed by atoms with Crippen LogP contribution in [0.4, 0.5) is 34.6 Å². The Hall–Kier alpha value is -4.42. The van der Waals surface area contributed by atoms with Gasteiger partial charge in [0.05, 0.1) is 0 Å². The van der Waals surface area contributed by atoms with Crippen molar-refractivity contribution >= 4 is 84.9 Å². The van der Waals surface area contributed by atoms with Crippen LogP contribution in [0.5, 0.6) is 0 Å². The van der Waals surface area contributed by atoms with E-state index in [4.69, 9.17) is 15.3 Å². The van der Waals surface area contributed by atoms with Gasteiger partial charge in [0, 0.05) is 0 Å². The third-order valence-corrected chi connectivity index (χ3v) is 16.0. The van der Waals surface area contributed by atoms with Crippen molar-refractivity contribution in [2.45, 2.75) is 10.6 Å². The summed E-state index contributed by atoms with van der Waals surface area (Å²) in [6.45, 7) is 1.68. The summed E-state index contributed by atoms with van der Waals surface area (Å²) in [7, 11) is 8.40. The Labute approximate surface area is 289 Å². The molecule has 3 N–H and O–H groups in total. The Morgan fingerprint density at radius 1 is 0.938 bits per heavy atom. The third-order valence-electron chi connectivity index (χ3n) is 8.69. The Morgan fingerprint density at radius 2 is 1.69 bits per heavy atom. The molecule has 6 heterocycles. The quantitative estimate of drug-likeness (QED) is 0.107. The molecule has 242 valence electrons. The zero-order valence-electron chi connectivity index (χ0n) is 27.3. The van der Waals surface area contributed by atoms with Crippen molar-refractivity contribution in [1.29, 1.82) is 0 Å². The summed E-state index contributed by atoms with van der Waals surface area (Å²) in [6.07, 6.45) is 7.81. The number of aryl methyl sites for hydroxylation is 1. The number of aromatic nitrogens is 6. The Balaban J connectivity index is 0.941. The van der Waals surface area contributed by atoms with E-state index < -0.39 is 0 Å². The number of hydrogen-bond acceptors (Lipinski definition) is 5. The first-order chi connectivity index (χ1) is 23.5. The van der Waals surface area contributed by atoms with E-state index in [2.05, 4.69) is 122 Å². The molecule has 14 heteroatoms. The second kappa shape index (κ2) is 12.9. The molecule has 0 fully saturated rings. The molecular weight excluding hydrogens is 734 g/mol. The second-order valence-corrected chi connectivity index (χ2v) is 19.7. The molecular formula is C34H37N12Se2+3. The van der Waals surface area contributed by atoms with Crippen LogP contribution >= 0.6 is 0 Å². The number of benzene rings is 2. The average molecular weight is 772 g/mol. The van der Waals surface area contributed by atoms with Crippen LogP contribution in [-0.2, 0) is 7.05 Å². The van der Waals surface area contributed by atoms with E-state index >= 15 is 0 Å². The van der Waals surface area contributed by atoms with E-state index in [9.17, 15) is 0 Å². The van der Waals surface area contributed by atoms with Gasteiger partial charge < -0.3 is 0 Å². The summed E-state index contributed by atoms with van der Waals surface area (Å²) in [5, 5.41) is 11.2. The van der Waals surface area contributed by atoms with E-state index in [0.29, 0.717) is 26.3 Å². The number of nitrogens with one attached hydrogen (secondary N) is 3. The topological polar surface area (TPSA) is 102 Å². The van der Waals surface area contributed by atoms with Crippen molar-refractivity contribution in [3.63, 3.8) is 0 Å². The molecule has 6 aromatic rings. The first-order valence-corrected chi connectivity index (χ1v) is 22.7. The number of hydrogen-bond donors (Lipinski definition) is 3. The maximum absolute atomic E-state index is 5.13. The summed E-state index contributed by atoms with van der Waals surface area (Å²) < 4.78 is 8.65. The number of imidazole rings is 2. The van der Waals surface area contributed by atoms with Crippen LogP contribution < -0.4 is 19.5 Å². The number of anilines is 1. The van der Waals surface area contributed by atoms with Gasteiger partial charge in [-0.25, -0.2) is 0 Å². The van der Waals surface area contributed by atoms with Crippen molar-refractivity contribution in [3.8, 4) is 22.5 Å². The van der Waals surface area contributed by atoms with Crippen LogP contribution in [0.2, 0.25) is 10.6 Å². The molecule has 0 radical (unpaired) electrons. The van der Waals surface area contributed by atoms with Gasteiger partial charge in [-0.1, -0.05) is 0 Å². The van der Waals surface area contributed by atoms with E-state index in [0.717, 1.165) is 96.4 Å². The van der Waals surface area contributed by atoms with Crippen LogP contribution in [-0.4, -0.2) is 102 Å². The van der Waals surface area contributed by atoms with Crippen LogP contribution in [0.1, 0.15) is 0 Å². The number of rotatable bonds is 11. The SMILES string of the molecule is Cn1c(-c2ccccc2)c(NCC[Se][Se]CC[N-]c2c(-c3ccccc3)nc3c4c(ncn23)[NH+](C)C=[N+]4C)[n+]2cnc3c(c12)[NH+](C)C=N3. The van der Waals surface area contributed by atoms with Gasteiger partial charge in [-0.05, 0) is 0 Å². The van der Waals surface area contributed by atoms with Gasteiger partial charge in [0.15, 0.2) is 0 Å². The van der Waals surface area contributed by atoms with Crippen LogP contribution in [0.25, 0.3) is 39.1 Å². The zero-order chi connectivity index (χ0) is 32.8. The van der Waals surface area contributed by atoms with Crippen molar-refractivity contribution < 1.29 is 18.8 Å². The van der Waals surface area contributed by atoms with Gasteiger partial charge in [0.2, 0.25) is 0 Å². The molecule has 0 spiro atoms. The molecule has 0 saturated heterocycles. The van der Waals surface area contributed by atoms with E-state index in [1.165, 1.54) is 5.56 Å². The fourth-order valence-electron chi connectivity index (χ4n) is 6.56. The van der Waals surface area contributed by atoms with Gasteiger partial charge in [-0.2, -0.15) is 0 Å². The first kappa shape index (κ1) is 30.9. The Bertz CT molecular complexity index is 2210. The number of aliphatic imine (C=N–C) groups is 1. The number of fused-ring (bicyclic) bond motifs is 6. The molecule has 4 aromatic heterocycles. The second-order valence-electron chi connectivity index (χ2n) is 11.9. The van der Waals surface area contributed by atoms with E-state index in [1.54, 1.807) is 0 Å². The Morgan fingerprint density at radius 3 is 2.48 bits per heavy atom. The standard InChI is InChI=1S/C34H35N12Se2/c1-41-19-37-29-27(41)34-44(4)26(24-13-9-6-10-14-24)32(46(34)20-38-29)36-16-18-48-47-17-15-35-30-25(23-11-7-5-8-12-23)40-33-28-31(39-21-45(30)33)43(3)22-42(28)2/h5-14,19-22,36H,15-18H2,1-4H3/q+1/p+2. The summed E-state index contributed by atoms with van der Waals surface area (Å²) in [4.78, 5) is 21.4. The summed E-state index contributed by atoms with van der Waals surface area (Å²) in [5.74, 6) is 3.73. The number of quaternary nitrogens is 2. The third kappa shape index (κ3) is 5.31. The average Bonchev–Trinajstić information content (AvgIpc) is 3.83. The maximum atomic E-state index is 5.13. The first-order valence-electron chi connectivity index (χ1n) is 15.9. The van der Waals surface area contributed by atoms with Crippen molar-refractivity contribution in [2.75, 3.05) is 39.5 Å². The molecule has 8 rings (SSSR count). The predicted molar refractivity (Wildman–Crippen MR) is 191 cm³/mol. The van der Waals surface area contributed by atoms with Crippen LogP contribution in [0, 0.1) is 0 Å². The normalized spacial score (nSPS) is 16.5. The molecule has 2 aromatic carbocycles. The van der Waals surface area contributed by atoms with Crippen LogP contribution in [0.15, 0.2) is 78.3 Å². The molecule has 2 unspecified atom stereocenters. The van der Waals surface area contributed by atoms with Crippen molar-refractivity contribution in [3.05, 3.63) is 78.6 Å². The molecule has 0 bridgehead atoms. The summed E-state index contributed by atoms with van der Waals surface area (Å²) in [5.41, 5.74) is 8.45. The van der Waals surface area contributed by atoms with Crippen molar-refractivity contribution in [1.82, 2.24) is 23.9 Å². The monoisotopic (exact) mass is 773 g/mol. The van der Waals surface area contributed by atoms with Gasteiger partial charge in [-0.15, -0.1) is 0 Å². The molecule has 2 atom stereocenters. The molecule has 0 aliphatic carbocycles. The van der Waals surface area contributed by atoms with E-state index in [-0.39, 0.29) is 0 Å². The molecule has 2 aliphatic heterocycles. The fraction of sp³-hybridized carbons (Fsp3) is 0.235. The van der Waals surface area contributed by atoms with E-state index in [1.807, 2.05) is 25.1 Å². The molecule has 48 heavy (non-hydrogen) atoms. The van der Waals surface area contributed by atoms with Gasteiger partial charge >= 0.3 is 291 Å². The molecule has 12 nitrogen and oxygen atoms in total. The molecule has 0 amide bonds. The van der Waals surface area contributed by atoms with Gasteiger partial charge in [-0.3, -0.25) is 0 Å². The summed E-state index contributed by atoms with van der Waals surface area (Å²) in [6, 6.07) is 21.0. The number of nitrogens with zero attached hydrogens (tertiary/aromatic N) is 9. The molecule has 2 aliphatic rings. The predicted octanol–water partition coefficient (Wildman–Crippen LogP) is 2.09. The zero-order valence-corrected chi connectivity index (χ0v) is 30.7. The van der Waals surface area contributed by atoms with Crippen molar-refractivity contribution in [2.24, 2.45) is 12.0 Å². The molecule has 0 saturated carbocycles. The van der Waals surface area contributed by atoms with Crippen LogP contribution in [0.3, 0.4) is 0 Å². The fourth-order valence-corrected chi connectivity index (χ4v) is 12.1. The Kier molecular flexibility index (Phi) is 8.29. The van der Waals surface area contributed by atoms with Gasteiger partial charge in [0.25, 0.3) is 0 Å². The summed E-state index contributed by atoms with van der Waals surface area (Å²) >= 11 is 1.08. The van der Waals surface area contributed by atoms with Gasteiger partial charge in [0.1, 0.15) is 0 Å².